The van der Waals surface area contributed by atoms with Crippen molar-refractivity contribution in [3.8, 4) is 23.1 Å². The summed E-state index contributed by atoms with van der Waals surface area (Å²) in [4.78, 5) is 30.8. The largest absolute Gasteiger partial charge is 0.573 e. The van der Waals surface area contributed by atoms with Gasteiger partial charge in [-0.1, -0.05) is 29.6 Å². The van der Waals surface area contributed by atoms with Crippen LogP contribution in [0.4, 0.5) is 29.3 Å². The van der Waals surface area contributed by atoms with E-state index in [1.165, 1.54) is 46.9 Å². The Kier molecular flexibility index (Phi) is 8.33. The second kappa shape index (κ2) is 12.1. The summed E-state index contributed by atoms with van der Waals surface area (Å²) in [6, 6.07) is 7.58. The smallest absolute Gasteiger partial charge is 0.406 e. The number of anilines is 3. The summed E-state index contributed by atoms with van der Waals surface area (Å²) in [7, 11) is 3.76. The maximum atomic E-state index is 12.6. The van der Waals surface area contributed by atoms with Gasteiger partial charge in [-0.3, -0.25) is 9.69 Å². The number of aromatic nitrogens is 4. The maximum absolute atomic E-state index is 12.6. The number of hydrogen-bond acceptors (Lipinski definition) is 12. The highest BCUT2D eigenvalue weighted by molar-refractivity contribution is 7.20. The van der Waals surface area contributed by atoms with Crippen LogP contribution in [0.5, 0.6) is 5.75 Å². The molecule has 1 unspecified atom stereocenters. The number of rotatable bonds is 9. The molecule has 6 rings (SSSR count). The lowest BCUT2D eigenvalue weighted by Gasteiger charge is -2.37. The molecule has 0 radical (unpaired) electrons. The first-order valence-electron chi connectivity index (χ1n) is 14.2. The number of amides is 1. The van der Waals surface area contributed by atoms with E-state index in [4.69, 9.17) is 15.1 Å². The topological polar surface area (TPSA) is 126 Å². The van der Waals surface area contributed by atoms with E-state index in [0.29, 0.717) is 64.6 Å². The number of halogens is 3. The van der Waals surface area contributed by atoms with Crippen LogP contribution < -0.4 is 14.5 Å². The average Bonchev–Trinajstić information content (AvgIpc) is 3.76. The molecule has 2 fully saturated rings. The molecule has 12 nitrogen and oxygen atoms in total. The van der Waals surface area contributed by atoms with Crippen LogP contribution >= 0.6 is 22.7 Å². The van der Waals surface area contributed by atoms with Gasteiger partial charge in [-0.2, -0.15) is 9.78 Å². The number of carbonyl (C=O) groups excluding carboxylic acids is 1. The molecule has 2 aliphatic heterocycles. The predicted octanol–water partition coefficient (Wildman–Crippen LogP) is 3.73. The molecule has 1 N–H and O–H groups in total. The maximum Gasteiger partial charge on any atom is 0.573 e. The molecule has 2 aliphatic rings. The van der Waals surface area contributed by atoms with E-state index in [0.717, 1.165) is 23.8 Å². The number of fused-ring (bicyclic) bond motifs is 1. The van der Waals surface area contributed by atoms with Crippen LogP contribution in [-0.2, 0) is 11.2 Å². The summed E-state index contributed by atoms with van der Waals surface area (Å²) >= 11 is 2.64. The van der Waals surface area contributed by atoms with Gasteiger partial charge in [0, 0.05) is 44.8 Å². The molecule has 1 atom stereocenters. The molecular formula is C28H30F3N9O3S2. The fourth-order valence-electron chi connectivity index (χ4n) is 5.48. The number of aliphatic hydroxyl groups excluding tert-OH is 1. The first-order chi connectivity index (χ1) is 21.4. The summed E-state index contributed by atoms with van der Waals surface area (Å²) in [5.74, 6) is 0.373. The van der Waals surface area contributed by atoms with E-state index in [-0.39, 0.29) is 17.7 Å². The fraction of sp³-hybridized carbons (Fsp3) is 0.464. The molecule has 4 aromatic rings. The second-order valence-electron chi connectivity index (χ2n) is 11.0. The third kappa shape index (κ3) is 6.27. The van der Waals surface area contributed by atoms with Crippen molar-refractivity contribution in [2.75, 3.05) is 56.6 Å². The Morgan fingerprint density at radius 2 is 1.91 bits per heavy atom. The van der Waals surface area contributed by atoms with Gasteiger partial charge in [0.25, 0.3) is 0 Å². The highest BCUT2D eigenvalue weighted by Gasteiger charge is 2.34. The number of benzene rings is 1. The van der Waals surface area contributed by atoms with Crippen LogP contribution in [0.25, 0.3) is 16.2 Å². The fourth-order valence-corrected chi connectivity index (χ4v) is 7.27. The number of thiazole rings is 1. The molecule has 0 bridgehead atoms. The van der Waals surface area contributed by atoms with E-state index in [9.17, 15) is 28.3 Å². The number of alkyl halides is 3. The molecule has 1 aromatic carbocycles. The van der Waals surface area contributed by atoms with Gasteiger partial charge < -0.3 is 24.5 Å². The Labute approximate surface area is 264 Å². The number of aryl methyl sites for hydroxylation is 1. The first-order valence-corrected chi connectivity index (χ1v) is 15.9. The number of imidazole rings is 1. The van der Waals surface area contributed by atoms with Crippen molar-refractivity contribution in [3.63, 3.8) is 0 Å². The molecule has 0 saturated carbocycles. The van der Waals surface area contributed by atoms with Crippen molar-refractivity contribution < 1.29 is 27.8 Å². The van der Waals surface area contributed by atoms with Crippen LogP contribution in [0, 0.1) is 11.3 Å². The number of hydrogen-bond donors (Lipinski definition) is 1. The summed E-state index contributed by atoms with van der Waals surface area (Å²) < 4.78 is 43.5. The SMILES string of the molecule is CCc1nc2sc(N3CCC(N(C)CC(=O)N4CC(O)C4)C3)nn2c1N(C)c1nc(-c2ccc(OC(F)(F)F)cc2)c(C#N)s1. The van der Waals surface area contributed by atoms with Gasteiger partial charge in [-0.25, -0.2) is 9.97 Å². The molecule has 17 heteroatoms. The number of carbonyl (C=O) groups is 1. The van der Waals surface area contributed by atoms with E-state index >= 15 is 0 Å². The summed E-state index contributed by atoms with van der Waals surface area (Å²) in [6.07, 6.45) is -3.71. The Hall–Kier alpha value is -3.98. The molecule has 0 aliphatic carbocycles. The van der Waals surface area contributed by atoms with E-state index in [2.05, 4.69) is 20.6 Å². The normalized spacial score (nSPS) is 17.3. The Morgan fingerprint density at radius 3 is 2.56 bits per heavy atom. The molecule has 2 saturated heterocycles. The lowest BCUT2D eigenvalue weighted by molar-refractivity contribution is -0.274. The molecule has 0 spiro atoms. The minimum Gasteiger partial charge on any atom is -0.406 e. The zero-order valence-corrected chi connectivity index (χ0v) is 26.3. The Bertz CT molecular complexity index is 1740. The summed E-state index contributed by atoms with van der Waals surface area (Å²) in [6.45, 7) is 4.57. The van der Waals surface area contributed by atoms with Crippen LogP contribution in [0.3, 0.4) is 0 Å². The summed E-state index contributed by atoms with van der Waals surface area (Å²) in [5.41, 5.74) is 1.65. The molecule has 238 valence electrons. The Balaban J connectivity index is 1.20. The lowest BCUT2D eigenvalue weighted by Crippen LogP contribution is -2.56. The van der Waals surface area contributed by atoms with Crippen molar-refractivity contribution in [1.82, 2.24) is 29.4 Å². The summed E-state index contributed by atoms with van der Waals surface area (Å²) in [5, 5.41) is 25.6. The van der Waals surface area contributed by atoms with Crippen molar-refractivity contribution in [1.29, 1.82) is 5.26 Å². The van der Waals surface area contributed by atoms with Crippen molar-refractivity contribution in [2.24, 2.45) is 0 Å². The third-order valence-electron chi connectivity index (χ3n) is 7.91. The van der Waals surface area contributed by atoms with Gasteiger partial charge in [0.2, 0.25) is 16.0 Å². The van der Waals surface area contributed by atoms with Gasteiger partial charge in [0.05, 0.1) is 18.3 Å². The highest BCUT2D eigenvalue weighted by Crippen LogP contribution is 2.39. The average molecular weight is 662 g/mol. The van der Waals surface area contributed by atoms with Crippen molar-refractivity contribution in [2.45, 2.75) is 38.3 Å². The number of aliphatic hydroxyl groups is 1. The molecule has 3 aromatic heterocycles. The molecular weight excluding hydrogens is 631 g/mol. The van der Waals surface area contributed by atoms with Crippen LogP contribution in [0.2, 0.25) is 0 Å². The van der Waals surface area contributed by atoms with E-state index in [1.807, 2.05) is 25.9 Å². The van der Waals surface area contributed by atoms with Gasteiger partial charge in [-0.05, 0) is 44.2 Å². The number of likely N-dealkylation sites (tertiary alicyclic amines) is 1. The molecule has 5 heterocycles. The highest BCUT2D eigenvalue weighted by atomic mass is 32.1. The zero-order valence-electron chi connectivity index (χ0n) is 24.7. The van der Waals surface area contributed by atoms with E-state index in [1.54, 1.807) is 9.42 Å². The molecule has 45 heavy (non-hydrogen) atoms. The Morgan fingerprint density at radius 1 is 1.18 bits per heavy atom. The quantitative estimate of drug-likeness (QED) is 0.284. The van der Waals surface area contributed by atoms with Crippen LogP contribution in [-0.4, -0.2) is 106 Å². The number of nitrogens with zero attached hydrogens (tertiary/aromatic N) is 9. The minimum absolute atomic E-state index is 0.0196. The van der Waals surface area contributed by atoms with Gasteiger partial charge in [0.1, 0.15) is 22.4 Å². The number of β-amino-alcohol motifs (C(OH)–C–C–N with tert-alkyl or cyclic N) is 1. The van der Waals surface area contributed by atoms with Gasteiger partial charge >= 0.3 is 6.36 Å². The third-order valence-corrected chi connectivity index (χ3v) is 9.92. The monoisotopic (exact) mass is 661 g/mol. The first kappa shape index (κ1) is 31.0. The lowest BCUT2D eigenvalue weighted by atomic mass is 10.1. The predicted molar refractivity (Wildman–Crippen MR) is 163 cm³/mol. The van der Waals surface area contributed by atoms with Crippen LogP contribution in [0.1, 0.15) is 23.9 Å². The minimum atomic E-state index is -4.80. The number of likely N-dealkylation sites (N-methyl/N-ethyl adjacent to an activating group) is 1. The van der Waals surface area contributed by atoms with Gasteiger partial charge in [-0.15, -0.1) is 18.3 Å². The van der Waals surface area contributed by atoms with Crippen LogP contribution in [0.15, 0.2) is 24.3 Å². The number of ether oxygens (including phenoxy) is 1. The van der Waals surface area contributed by atoms with Crippen molar-refractivity contribution >= 4 is 49.6 Å². The zero-order chi connectivity index (χ0) is 32.0. The number of nitriles is 1. The molecule has 1 amide bonds. The van der Waals surface area contributed by atoms with E-state index < -0.39 is 12.5 Å². The van der Waals surface area contributed by atoms with Gasteiger partial charge in [0.15, 0.2) is 10.9 Å². The van der Waals surface area contributed by atoms with Crippen molar-refractivity contribution in [3.05, 3.63) is 34.8 Å². The second-order valence-corrected chi connectivity index (χ2v) is 12.9. The standard InChI is InChI=1S/C28H30F3N9O3S2/c1-4-20-24(37(3)25-34-23(21(11-32)44-25)16-5-7-19(8-6-16)43-28(29,30)31)40-26(33-20)45-27(35-40)38-10-9-17(12-38)36(2)15-22(42)39-13-18(41)14-39/h5-8,17-18,41H,4,9-10,12-15H2,1-3H3.